The summed E-state index contributed by atoms with van der Waals surface area (Å²) in [5, 5.41) is 7.04. The predicted octanol–water partition coefficient (Wildman–Crippen LogP) is -0.0786. The summed E-state index contributed by atoms with van der Waals surface area (Å²) in [6.45, 7) is 15.0. The molecule has 94 valence electrons. The lowest BCUT2D eigenvalue weighted by Gasteiger charge is -2.45. The molecule has 2 fully saturated rings. The second-order valence-corrected chi connectivity index (χ2v) is 5.87. The van der Waals surface area contributed by atoms with Crippen LogP contribution in [-0.2, 0) is 0 Å². The van der Waals surface area contributed by atoms with Crippen LogP contribution in [0.4, 0.5) is 0 Å². The molecule has 0 bridgehead atoms. The van der Waals surface area contributed by atoms with Crippen molar-refractivity contribution in [2.75, 3.05) is 45.8 Å². The second kappa shape index (κ2) is 5.00. The third-order valence-corrected chi connectivity index (χ3v) is 3.72. The minimum Gasteiger partial charge on any atom is -0.313 e. The molecule has 2 aliphatic rings. The van der Waals surface area contributed by atoms with Crippen molar-refractivity contribution in [3.05, 3.63) is 0 Å². The molecule has 2 aliphatic heterocycles. The van der Waals surface area contributed by atoms with E-state index in [-0.39, 0.29) is 0 Å². The van der Waals surface area contributed by atoms with E-state index in [0.29, 0.717) is 11.7 Å². The van der Waals surface area contributed by atoms with E-state index < -0.39 is 0 Å². The van der Waals surface area contributed by atoms with Crippen molar-refractivity contribution in [2.24, 2.45) is 0 Å². The van der Waals surface area contributed by atoms with Gasteiger partial charge in [-0.25, -0.2) is 0 Å². The van der Waals surface area contributed by atoms with Gasteiger partial charge in [0.1, 0.15) is 0 Å². The van der Waals surface area contributed by atoms with Crippen molar-refractivity contribution >= 4 is 0 Å². The maximum Gasteiger partial charge on any atom is 0.0727 e. The van der Waals surface area contributed by atoms with E-state index in [1.54, 1.807) is 0 Å². The van der Waals surface area contributed by atoms with E-state index in [1.165, 1.54) is 26.2 Å². The van der Waals surface area contributed by atoms with Gasteiger partial charge >= 0.3 is 0 Å². The lowest BCUT2D eigenvalue weighted by Crippen LogP contribution is -2.63. The van der Waals surface area contributed by atoms with Gasteiger partial charge in [-0.3, -0.25) is 15.1 Å². The van der Waals surface area contributed by atoms with Gasteiger partial charge in [-0.15, -0.1) is 0 Å². The van der Waals surface area contributed by atoms with Crippen LogP contribution >= 0.6 is 0 Å². The summed E-state index contributed by atoms with van der Waals surface area (Å²) < 4.78 is 0. The zero-order valence-corrected chi connectivity index (χ0v) is 10.9. The van der Waals surface area contributed by atoms with Crippen molar-refractivity contribution in [2.45, 2.75) is 32.5 Å². The van der Waals surface area contributed by atoms with Crippen molar-refractivity contribution in [1.82, 2.24) is 20.4 Å². The summed E-state index contributed by atoms with van der Waals surface area (Å²) in [4.78, 5) is 5.16. The third kappa shape index (κ3) is 2.94. The first-order chi connectivity index (χ1) is 7.57. The fourth-order valence-electron chi connectivity index (χ4n) is 2.60. The molecule has 2 heterocycles. The maximum atomic E-state index is 3.59. The van der Waals surface area contributed by atoms with Gasteiger partial charge in [0, 0.05) is 51.4 Å². The summed E-state index contributed by atoms with van der Waals surface area (Å²) in [5.41, 5.74) is 0.324. The molecular weight excluding hydrogens is 200 g/mol. The summed E-state index contributed by atoms with van der Waals surface area (Å²) in [5.74, 6) is 0. The highest BCUT2D eigenvalue weighted by Crippen LogP contribution is 2.16. The van der Waals surface area contributed by atoms with E-state index in [0.717, 1.165) is 19.6 Å². The van der Waals surface area contributed by atoms with Crippen LogP contribution in [0.5, 0.6) is 0 Å². The lowest BCUT2D eigenvalue weighted by atomic mass is 10.0. The molecule has 0 aliphatic carbocycles. The van der Waals surface area contributed by atoms with Gasteiger partial charge in [-0.05, 0) is 20.8 Å². The largest absolute Gasteiger partial charge is 0.313 e. The molecule has 0 radical (unpaired) electrons. The second-order valence-electron chi connectivity index (χ2n) is 5.87. The SMILES string of the molecule is CC(C)(C)N1CCN(C2CNCCN2)CC1. The fraction of sp³-hybridized carbons (Fsp3) is 1.00. The molecule has 0 spiro atoms. The molecule has 2 saturated heterocycles. The van der Waals surface area contributed by atoms with Crippen LogP contribution in [0.3, 0.4) is 0 Å². The topological polar surface area (TPSA) is 30.5 Å². The molecule has 0 aromatic rings. The molecule has 2 rings (SSSR count). The van der Waals surface area contributed by atoms with Crippen LogP contribution in [0.2, 0.25) is 0 Å². The van der Waals surface area contributed by atoms with Crippen molar-refractivity contribution in [3.63, 3.8) is 0 Å². The van der Waals surface area contributed by atoms with Crippen LogP contribution in [-0.4, -0.2) is 67.3 Å². The highest BCUT2D eigenvalue weighted by molar-refractivity contribution is 4.85. The standard InChI is InChI=1S/C12H26N4/c1-12(2,3)16-8-6-15(7-9-16)11-10-13-4-5-14-11/h11,13-14H,4-10H2,1-3H3. The Morgan fingerprint density at radius 3 is 2.19 bits per heavy atom. The van der Waals surface area contributed by atoms with E-state index in [1.807, 2.05) is 0 Å². The molecular formula is C12H26N4. The summed E-state index contributed by atoms with van der Waals surface area (Å²) in [6.07, 6.45) is 0.552. The van der Waals surface area contributed by atoms with Crippen molar-refractivity contribution in [3.8, 4) is 0 Å². The quantitative estimate of drug-likeness (QED) is 0.655. The van der Waals surface area contributed by atoms with Gasteiger partial charge in [0.25, 0.3) is 0 Å². The number of hydrogen-bond acceptors (Lipinski definition) is 4. The summed E-state index contributed by atoms with van der Waals surface area (Å²) in [6, 6.07) is 0. The van der Waals surface area contributed by atoms with Gasteiger partial charge in [-0.2, -0.15) is 0 Å². The Labute approximate surface area is 99.4 Å². The summed E-state index contributed by atoms with van der Waals surface area (Å²) >= 11 is 0. The average molecular weight is 226 g/mol. The molecule has 2 N–H and O–H groups in total. The van der Waals surface area contributed by atoms with E-state index in [2.05, 4.69) is 41.2 Å². The molecule has 16 heavy (non-hydrogen) atoms. The minimum atomic E-state index is 0.324. The molecule has 4 nitrogen and oxygen atoms in total. The van der Waals surface area contributed by atoms with Crippen LogP contribution in [0.15, 0.2) is 0 Å². The lowest BCUT2D eigenvalue weighted by molar-refractivity contribution is 0.0304. The van der Waals surface area contributed by atoms with Gasteiger partial charge in [0.2, 0.25) is 0 Å². The molecule has 0 amide bonds. The normalized spacial score (nSPS) is 30.6. The van der Waals surface area contributed by atoms with Crippen LogP contribution in [0.1, 0.15) is 20.8 Å². The van der Waals surface area contributed by atoms with E-state index in [9.17, 15) is 0 Å². The van der Waals surface area contributed by atoms with Crippen LogP contribution < -0.4 is 10.6 Å². The number of nitrogens with zero attached hydrogens (tertiary/aromatic N) is 2. The Kier molecular flexibility index (Phi) is 3.85. The fourth-order valence-corrected chi connectivity index (χ4v) is 2.60. The molecule has 0 aromatic heterocycles. The Morgan fingerprint density at radius 2 is 1.69 bits per heavy atom. The zero-order valence-electron chi connectivity index (χ0n) is 10.9. The highest BCUT2D eigenvalue weighted by Gasteiger charge is 2.29. The number of hydrogen-bond donors (Lipinski definition) is 2. The van der Waals surface area contributed by atoms with E-state index >= 15 is 0 Å². The molecule has 1 unspecified atom stereocenters. The first kappa shape index (κ1) is 12.3. The molecule has 4 heteroatoms. The van der Waals surface area contributed by atoms with Crippen molar-refractivity contribution in [1.29, 1.82) is 0 Å². The minimum absolute atomic E-state index is 0.324. The predicted molar refractivity (Wildman–Crippen MR) is 67.6 cm³/mol. The Balaban J connectivity index is 1.80. The van der Waals surface area contributed by atoms with Gasteiger partial charge in [0.05, 0.1) is 6.17 Å². The van der Waals surface area contributed by atoms with Crippen molar-refractivity contribution < 1.29 is 0 Å². The van der Waals surface area contributed by atoms with Gasteiger partial charge in [0.15, 0.2) is 0 Å². The van der Waals surface area contributed by atoms with Gasteiger partial charge < -0.3 is 5.32 Å². The Bertz CT molecular complexity index is 210. The summed E-state index contributed by atoms with van der Waals surface area (Å²) in [7, 11) is 0. The first-order valence-electron chi connectivity index (χ1n) is 6.50. The van der Waals surface area contributed by atoms with Crippen LogP contribution in [0.25, 0.3) is 0 Å². The average Bonchev–Trinajstić information content (AvgIpc) is 2.29. The highest BCUT2D eigenvalue weighted by atomic mass is 15.4. The van der Waals surface area contributed by atoms with Crippen LogP contribution in [0, 0.1) is 0 Å². The third-order valence-electron chi connectivity index (χ3n) is 3.72. The zero-order chi connectivity index (χ0) is 11.6. The van der Waals surface area contributed by atoms with Gasteiger partial charge in [-0.1, -0.05) is 0 Å². The first-order valence-corrected chi connectivity index (χ1v) is 6.50. The smallest absolute Gasteiger partial charge is 0.0727 e. The maximum absolute atomic E-state index is 3.59. The Hall–Kier alpha value is -0.160. The van der Waals surface area contributed by atoms with E-state index in [4.69, 9.17) is 0 Å². The Morgan fingerprint density at radius 1 is 1.00 bits per heavy atom. The number of nitrogens with one attached hydrogen (secondary N) is 2. The molecule has 0 aromatic carbocycles. The molecule has 1 atom stereocenters. The molecule has 0 saturated carbocycles. The monoisotopic (exact) mass is 226 g/mol. The number of rotatable bonds is 1. The number of piperazine rings is 2.